The minimum absolute atomic E-state index is 0.0426. The van der Waals surface area contributed by atoms with E-state index < -0.39 is 18.2 Å². The smallest absolute Gasteiger partial charge is 0.407 e. The van der Waals surface area contributed by atoms with Gasteiger partial charge in [-0.3, -0.25) is 9.59 Å². The van der Waals surface area contributed by atoms with Crippen LogP contribution in [0.2, 0.25) is 0 Å². The molecule has 0 radical (unpaired) electrons. The molecule has 4 atom stereocenters. The first kappa shape index (κ1) is 38.2. The molecule has 1 unspecified atom stereocenters. The van der Waals surface area contributed by atoms with E-state index in [4.69, 9.17) is 9.72 Å². The van der Waals surface area contributed by atoms with Crippen LogP contribution in [0.3, 0.4) is 0 Å². The van der Waals surface area contributed by atoms with E-state index in [0.717, 1.165) is 71.0 Å². The standard InChI is InChI=1S/C42H50N10O4/c1-25(2)36(49-35-18-19-43-24-46-35)40(53)51-20-6-8-33(51)38-44-22-31(47-38)29-14-10-27(11-15-29)28-12-16-30(17-13-28)32-23-45-39(48-32)34-9-7-21-52(34)41(54)37(26(3)4)50-42(55)56-5/h10-19,22-26,33-34,36-37H,6-9,20-21H2,1-5H3,(H,44,47)(H,45,48)(H,50,55)(H,43,46,49)/t33-,34-,36-,37?/m0/s1. The number of rotatable bonds is 12. The number of aromatic amines is 2. The minimum atomic E-state index is -0.681. The number of hydrogen-bond donors (Lipinski definition) is 4. The first-order valence-electron chi connectivity index (χ1n) is 19.4. The average molecular weight is 759 g/mol. The number of imidazole rings is 2. The van der Waals surface area contributed by atoms with Crippen LogP contribution in [-0.2, 0) is 14.3 Å². The van der Waals surface area contributed by atoms with Crippen molar-refractivity contribution in [2.24, 2.45) is 11.8 Å². The van der Waals surface area contributed by atoms with E-state index in [-0.39, 0.29) is 35.7 Å². The zero-order valence-electron chi connectivity index (χ0n) is 32.5. The number of carbonyl (C=O) groups excluding carboxylic acids is 3. The van der Waals surface area contributed by atoms with Crippen molar-refractivity contribution in [2.75, 3.05) is 25.5 Å². The van der Waals surface area contributed by atoms with E-state index in [2.05, 4.69) is 84.1 Å². The Balaban J connectivity index is 0.997. The SMILES string of the molecule is COC(=O)NC(C(=O)N1CCC[C@H]1c1ncc(-c2ccc(-c3ccc(-c4cnc([C@@H]5CCCN5C(=O)[C@@H](Nc5ccncn5)C(C)C)[nH]4)cc3)cc2)[nH]1)C(C)C. The highest BCUT2D eigenvalue weighted by atomic mass is 16.5. The number of aromatic nitrogens is 6. The minimum Gasteiger partial charge on any atom is -0.453 e. The summed E-state index contributed by atoms with van der Waals surface area (Å²) >= 11 is 0. The van der Waals surface area contributed by atoms with Gasteiger partial charge < -0.3 is 35.1 Å². The Kier molecular flexibility index (Phi) is 11.4. The molecule has 2 fully saturated rings. The lowest BCUT2D eigenvalue weighted by atomic mass is 10.0. The number of amides is 3. The first-order valence-corrected chi connectivity index (χ1v) is 19.4. The van der Waals surface area contributed by atoms with Gasteiger partial charge in [-0.25, -0.2) is 24.7 Å². The Hall–Kier alpha value is -6.05. The fraction of sp³-hybridized carbons (Fsp3) is 0.405. The lowest BCUT2D eigenvalue weighted by Gasteiger charge is -2.30. The highest BCUT2D eigenvalue weighted by Gasteiger charge is 2.38. The second-order valence-corrected chi connectivity index (χ2v) is 15.2. The highest BCUT2D eigenvalue weighted by Crippen LogP contribution is 2.35. The number of hydrogen-bond acceptors (Lipinski definition) is 9. The maximum atomic E-state index is 13.8. The average Bonchev–Trinajstić information content (AvgIpc) is 4.06. The molecule has 14 heteroatoms. The predicted molar refractivity (Wildman–Crippen MR) is 213 cm³/mol. The van der Waals surface area contributed by atoms with Crippen molar-refractivity contribution in [1.29, 1.82) is 0 Å². The van der Waals surface area contributed by atoms with Crippen LogP contribution in [0.15, 0.2) is 79.5 Å². The highest BCUT2D eigenvalue weighted by molar-refractivity contribution is 5.87. The Bertz CT molecular complexity index is 2110. The molecular formula is C42H50N10O4. The summed E-state index contributed by atoms with van der Waals surface area (Å²) < 4.78 is 4.76. The largest absolute Gasteiger partial charge is 0.453 e. The molecule has 2 aromatic carbocycles. The van der Waals surface area contributed by atoms with Crippen LogP contribution in [0.1, 0.15) is 77.1 Å². The van der Waals surface area contributed by atoms with Crippen molar-refractivity contribution in [3.05, 3.63) is 91.2 Å². The van der Waals surface area contributed by atoms with Gasteiger partial charge in [0.25, 0.3) is 0 Å². The van der Waals surface area contributed by atoms with Gasteiger partial charge in [-0.05, 0) is 65.8 Å². The van der Waals surface area contributed by atoms with Crippen LogP contribution in [-0.4, -0.2) is 89.9 Å². The van der Waals surface area contributed by atoms with Gasteiger partial charge in [0.15, 0.2) is 0 Å². The summed E-state index contributed by atoms with van der Waals surface area (Å²) in [5.74, 6) is 2.03. The molecule has 292 valence electrons. The number of likely N-dealkylation sites (tertiary alicyclic amines) is 2. The number of ether oxygens (including phenoxy) is 1. The topological polar surface area (TPSA) is 174 Å². The Labute approximate surface area is 326 Å². The lowest BCUT2D eigenvalue weighted by Crippen LogP contribution is -2.51. The number of carbonyl (C=O) groups is 3. The molecular weight excluding hydrogens is 709 g/mol. The number of H-pyrrole nitrogens is 2. The molecule has 5 aromatic rings. The number of benzene rings is 2. The van der Waals surface area contributed by atoms with E-state index in [1.54, 1.807) is 12.3 Å². The van der Waals surface area contributed by atoms with Gasteiger partial charge in [-0.2, -0.15) is 0 Å². The summed E-state index contributed by atoms with van der Waals surface area (Å²) in [5.41, 5.74) is 5.92. The summed E-state index contributed by atoms with van der Waals surface area (Å²) in [6.45, 7) is 9.16. The van der Waals surface area contributed by atoms with Crippen LogP contribution in [0.5, 0.6) is 0 Å². The van der Waals surface area contributed by atoms with E-state index in [0.29, 0.717) is 18.9 Å². The molecule has 0 aliphatic carbocycles. The van der Waals surface area contributed by atoms with Crippen molar-refractivity contribution in [3.8, 4) is 33.6 Å². The van der Waals surface area contributed by atoms with E-state index >= 15 is 0 Å². The third kappa shape index (κ3) is 8.14. The Morgan fingerprint density at radius 3 is 1.62 bits per heavy atom. The normalized spacial score (nSPS) is 18.0. The fourth-order valence-corrected chi connectivity index (χ4v) is 7.73. The third-order valence-electron chi connectivity index (χ3n) is 10.8. The van der Waals surface area contributed by atoms with Crippen molar-refractivity contribution >= 4 is 23.7 Å². The van der Waals surface area contributed by atoms with E-state index in [9.17, 15) is 14.4 Å². The van der Waals surface area contributed by atoms with E-state index in [1.165, 1.54) is 13.4 Å². The molecule has 2 aliphatic rings. The van der Waals surface area contributed by atoms with Gasteiger partial charge >= 0.3 is 6.09 Å². The third-order valence-corrected chi connectivity index (χ3v) is 10.8. The van der Waals surface area contributed by atoms with Crippen molar-refractivity contribution in [2.45, 2.75) is 77.5 Å². The first-order chi connectivity index (χ1) is 27.1. The van der Waals surface area contributed by atoms with Gasteiger partial charge in [0, 0.05) is 19.3 Å². The van der Waals surface area contributed by atoms with Gasteiger partial charge in [0.1, 0.15) is 35.9 Å². The quantitative estimate of drug-likeness (QED) is 0.107. The molecule has 5 heterocycles. The number of nitrogens with zero attached hydrogens (tertiary/aromatic N) is 6. The van der Waals surface area contributed by atoms with Gasteiger partial charge in [0.05, 0.1) is 43.0 Å². The maximum Gasteiger partial charge on any atom is 0.407 e. The molecule has 56 heavy (non-hydrogen) atoms. The number of alkyl carbamates (subject to hydrolysis) is 1. The Morgan fingerprint density at radius 1 is 0.696 bits per heavy atom. The van der Waals surface area contributed by atoms with Crippen LogP contribution < -0.4 is 10.6 Å². The van der Waals surface area contributed by atoms with E-state index in [1.807, 2.05) is 49.9 Å². The molecule has 2 aliphatic heterocycles. The van der Waals surface area contributed by atoms with Gasteiger partial charge in [-0.1, -0.05) is 76.2 Å². The number of nitrogens with one attached hydrogen (secondary N) is 4. The molecule has 14 nitrogen and oxygen atoms in total. The van der Waals surface area contributed by atoms with Crippen LogP contribution in [0, 0.1) is 11.8 Å². The summed E-state index contributed by atoms with van der Waals surface area (Å²) in [6.07, 6.45) is 9.58. The molecule has 2 saturated heterocycles. The summed E-state index contributed by atoms with van der Waals surface area (Å²) in [4.78, 5) is 67.7. The maximum absolute atomic E-state index is 13.8. The zero-order chi connectivity index (χ0) is 39.3. The van der Waals surface area contributed by atoms with Crippen molar-refractivity contribution in [3.63, 3.8) is 0 Å². The van der Waals surface area contributed by atoms with Crippen molar-refractivity contribution in [1.82, 2.24) is 45.0 Å². The summed E-state index contributed by atoms with van der Waals surface area (Å²) in [7, 11) is 1.29. The molecule has 3 amide bonds. The van der Waals surface area contributed by atoms with Gasteiger partial charge in [-0.15, -0.1) is 0 Å². The second-order valence-electron chi connectivity index (χ2n) is 15.2. The second kappa shape index (κ2) is 16.8. The molecule has 0 spiro atoms. The van der Waals surface area contributed by atoms with Gasteiger partial charge in [0.2, 0.25) is 11.8 Å². The molecule has 0 bridgehead atoms. The predicted octanol–water partition coefficient (Wildman–Crippen LogP) is 6.77. The lowest BCUT2D eigenvalue weighted by molar-refractivity contribution is -0.135. The zero-order valence-corrected chi connectivity index (χ0v) is 32.5. The number of anilines is 1. The van der Waals surface area contributed by atoms with Crippen LogP contribution in [0.25, 0.3) is 33.6 Å². The molecule has 0 saturated carbocycles. The number of methoxy groups -OCH3 is 1. The molecule has 4 N–H and O–H groups in total. The fourth-order valence-electron chi connectivity index (χ4n) is 7.73. The van der Waals surface area contributed by atoms with Crippen LogP contribution >= 0.6 is 0 Å². The summed E-state index contributed by atoms with van der Waals surface area (Å²) in [6, 6.07) is 17.0. The monoisotopic (exact) mass is 758 g/mol. The van der Waals surface area contributed by atoms with Crippen LogP contribution in [0.4, 0.5) is 10.6 Å². The molecule has 3 aromatic heterocycles. The summed E-state index contributed by atoms with van der Waals surface area (Å²) in [5, 5.41) is 6.01. The Morgan fingerprint density at radius 2 is 1.18 bits per heavy atom. The van der Waals surface area contributed by atoms with Crippen molar-refractivity contribution < 1.29 is 19.1 Å². The molecule has 7 rings (SSSR count).